The molecule has 0 radical (unpaired) electrons. The molecule has 0 aliphatic rings. The van der Waals surface area contributed by atoms with E-state index in [4.69, 9.17) is 0 Å². The maximum absolute atomic E-state index is 13.2. The summed E-state index contributed by atoms with van der Waals surface area (Å²) in [6, 6.07) is 7.64. The van der Waals surface area contributed by atoms with E-state index in [-0.39, 0.29) is 11.7 Å². The number of likely N-dealkylation sites (N-methyl/N-ethyl adjacent to an activating group) is 1. The number of rotatable bonds is 4. The SMILES string of the molecule is Cc1nn(-c2ccc(F)cc2)c2sc(C(=O)N(C)C(C)(C)C(=O)O)cc12. The molecule has 0 unspecified atom stereocenters. The zero-order valence-corrected chi connectivity index (χ0v) is 15.6. The van der Waals surface area contributed by atoms with Crippen LogP contribution in [0, 0.1) is 12.7 Å². The minimum atomic E-state index is -1.33. The number of hydrogen-bond donors (Lipinski definition) is 1. The molecule has 1 N–H and O–H groups in total. The normalized spacial score (nSPS) is 11.7. The molecule has 136 valence electrons. The van der Waals surface area contributed by atoms with Crippen molar-refractivity contribution in [2.75, 3.05) is 7.05 Å². The second kappa shape index (κ2) is 6.21. The average Bonchev–Trinajstić information content (AvgIpc) is 3.15. The summed E-state index contributed by atoms with van der Waals surface area (Å²) >= 11 is 1.23. The Morgan fingerprint density at radius 1 is 1.27 bits per heavy atom. The summed E-state index contributed by atoms with van der Waals surface area (Å²) in [4.78, 5) is 26.6. The van der Waals surface area contributed by atoms with Gasteiger partial charge in [0.05, 0.1) is 16.3 Å². The van der Waals surface area contributed by atoms with Gasteiger partial charge in [-0.3, -0.25) is 4.79 Å². The molecule has 0 aliphatic carbocycles. The highest BCUT2D eigenvalue weighted by Crippen LogP contribution is 2.32. The summed E-state index contributed by atoms with van der Waals surface area (Å²) in [5, 5.41) is 14.6. The van der Waals surface area contributed by atoms with Crippen molar-refractivity contribution < 1.29 is 19.1 Å². The molecule has 0 aliphatic heterocycles. The molecule has 0 atom stereocenters. The van der Waals surface area contributed by atoms with Gasteiger partial charge in [-0.1, -0.05) is 0 Å². The van der Waals surface area contributed by atoms with Gasteiger partial charge >= 0.3 is 5.97 Å². The molecule has 1 amide bonds. The zero-order valence-electron chi connectivity index (χ0n) is 14.8. The van der Waals surface area contributed by atoms with E-state index in [0.29, 0.717) is 10.6 Å². The van der Waals surface area contributed by atoms with Gasteiger partial charge in [0.25, 0.3) is 5.91 Å². The van der Waals surface area contributed by atoms with E-state index in [1.807, 2.05) is 6.92 Å². The van der Waals surface area contributed by atoms with Crippen molar-refractivity contribution in [3.8, 4) is 5.69 Å². The molecule has 0 bridgehead atoms. The Labute approximate surface area is 153 Å². The lowest BCUT2D eigenvalue weighted by Crippen LogP contribution is -2.50. The number of nitrogens with zero attached hydrogens (tertiary/aromatic N) is 3. The molecule has 8 heteroatoms. The summed E-state index contributed by atoms with van der Waals surface area (Å²) in [7, 11) is 1.47. The molecule has 26 heavy (non-hydrogen) atoms. The van der Waals surface area contributed by atoms with Gasteiger partial charge in [-0.05, 0) is 51.1 Å². The Kier molecular flexibility index (Phi) is 4.31. The number of carbonyl (C=O) groups is 2. The Morgan fingerprint density at radius 2 is 1.88 bits per heavy atom. The lowest BCUT2D eigenvalue weighted by Gasteiger charge is -2.31. The van der Waals surface area contributed by atoms with Crippen LogP contribution in [0.1, 0.15) is 29.2 Å². The van der Waals surface area contributed by atoms with Crippen LogP contribution in [0.5, 0.6) is 0 Å². The number of amides is 1. The van der Waals surface area contributed by atoms with Gasteiger partial charge in [0.1, 0.15) is 16.2 Å². The fourth-order valence-corrected chi connectivity index (χ4v) is 3.63. The van der Waals surface area contributed by atoms with Gasteiger partial charge < -0.3 is 10.0 Å². The number of carboxylic acids is 1. The van der Waals surface area contributed by atoms with Gasteiger partial charge in [0, 0.05) is 12.4 Å². The fourth-order valence-electron chi connectivity index (χ4n) is 2.47. The predicted molar refractivity (Wildman–Crippen MR) is 97.5 cm³/mol. The first-order chi connectivity index (χ1) is 12.1. The van der Waals surface area contributed by atoms with E-state index < -0.39 is 11.5 Å². The Balaban J connectivity index is 2.05. The first-order valence-corrected chi connectivity index (χ1v) is 8.71. The summed E-state index contributed by atoms with van der Waals surface area (Å²) < 4.78 is 14.8. The number of aryl methyl sites for hydroxylation is 1. The summed E-state index contributed by atoms with van der Waals surface area (Å²) in [5.74, 6) is -1.79. The molecule has 0 spiro atoms. The van der Waals surface area contributed by atoms with Crippen LogP contribution < -0.4 is 0 Å². The summed E-state index contributed by atoms with van der Waals surface area (Å²) in [6.07, 6.45) is 0. The molecule has 0 saturated heterocycles. The number of aromatic nitrogens is 2. The lowest BCUT2D eigenvalue weighted by molar-refractivity contribution is -0.147. The Hall–Kier alpha value is -2.74. The number of carboxylic acid groups (broad SMARTS) is 1. The summed E-state index contributed by atoms with van der Waals surface area (Å²) in [6.45, 7) is 4.78. The van der Waals surface area contributed by atoms with E-state index in [0.717, 1.165) is 15.9 Å². The van der Waals surface area contributed by atoms with Crippen LogP contribution in [0.15, 0.2) is 30.3 Å². The number of benzene rings is 1. The van der Waals surface area contributed by atoms with E-state index >= 15 is 0 Å². The quantitative estimate of drug-likeness (QED) is 0.758. The fraction of sp³-hybridized carbons (Fsp3) is 0.278. The standard InChI is InChI=1S/C18H18FN3O3S/c1-10-13-9-14(15(23)21(4)18(2,3)17(24)25)26-16(13)22(20-10)12-7-5-11(19)6-8-12/h5-9H,1-4H3,(H,24,25). The molecular weight excluding hydrogens is 357 g/mol. The number of fused-ring (bicyclic) bond motifs is 1. The third kappa shape index (κ3) is 2.86. The van der Waals surface area contributed by atoms with Crippen molar-refractivity contribution in [2.24, 2.45) is 0 Å². The van der Waals surface area contributed by atoms with Crippen LogP contribution in [-0.2, 0) is 4.79 Å². The Morgan fingerprint density at radius 3 is 2.46 bits per heavy atom. The highest BCUT2D eigenvalue weighted by atomic mass is 32.1. The number of aliphatic carboxylic acids is 1. The summed E-state index contributed by atoms with van der Waals surface area (Å²) in [5.41, 5.74) is 0.0926. The van der Waals surface area contributed by atoms with Gasteiger partial charge in [0.2, 0.25) is 0 Å². The lowest BCUT2D eigenvalue weighted by atomic mass is 10.0. The van der Waals surface area contributed by atoms with Crippen LogP contribution in [0.25, 0.3) is 15.9 Å². The largest absolute Gasteiger partial charge is 0.480 e. The minimum absolute atomic E-state index is 0.339. The highest BCUT2D eigenvalue weighted by molar-refractivity contribution is 7.20. The van der Waals surface area contributed by atoms with Crippen LogP contribution in [0.4, 0.5) is 4.39 Å². The van der Waals surface area contributed by atoms with Crippen molar-refractivity contribution in [1.29, 1.82) is 0 Å². The number of halogens is 1. The zero-order chi connectivity index (χ0) is 19.2. The number of hydrogen-bond acceptors (Lipinski definition) is 4. The van der Waals surface area contributed by atoms with Crippen molar-refractivity contribution in [1.82, 2.24) is 14.7 Å². The van der Waals surface area contributed by atoms with E-state index in [9.17, 15) is 19.1 Å². The predicted octanol–water partition coefficient (Wildman–Crippen LogP) is 3.47. The molecule has 6 nitrogen and oxygen atoms in total. The first kappa shape index (κ1) is 18.1. The van der Waals surface area contributed by atoms with Crippen molar-refractivity contribution in [3.05, 3.63) is 46.7 Å². The average molecular weight is 375 g/mol. The van der Waals surface area contributed by atoms with Gasteiger partial charge in [-0.15, -0.1) is 11.3 Å². The molecule has 1 aromatic carbocycles. The van der Waals surface area contributed by atoms with Gasteiger partial charge in [-0.2, -0.15) is 5.10 Å². The molecular formula is C18H18FN3O3S. The smallest absolute Gasteiger partial charge is 0.329 e. The number of thiophene rings is 1. The first-order valence-electron chi connectivity index (χ1n) is 7.89. The van der Waals surface area contributed by atoms with E-state index in [1.54, 1.807) is 22.9 Å². The van der Waals surface area contributed by atoms with Crippen LogP contribution in [0.2, 0.25) is 0 Å². The Bertz CT molecular complexity index is 1000. The van der Waals surface area contributed by atoms with Gasteiger partial charge in [-0.25, -0.2) is 13.9 Å². The molecule has 3 rings (SSSR count). The second-order valence-corrected chi connectivity index (χ2v) is 7.56. The maximum atomic E-state index is 13.2. The number of carbonyl (C=O) groups excluding carboxylic acids is 1. The van der Waals surface area contributed by atoms with Crippen molar-refractivity contribution >= 4 is 33.4 Å². The van der Waals surface area contributed by atoms with E-state index in [1.165, 1.54) is 49.3 Å². The third-order valence-corrected chi connectivity index (χ3v) is 5.59. The van der Waals surface area contributed by atoms with Crippen LogP contribution >= 0.6 is 11.3 Å². The molecule has 0 saturated carbocycles. The second-order valence-electron chi connectivity index (χ2n) is 6.53. The molecule has 0 fully saturated rings. The topological polar surface area (TPSA) is 75.4 Å². The van der Waals surface area contributed by atoms with E-state index in [2.05, 4.69) is 5.10 Å². The monoisotopic (exact) mass is 375 g/mol. The maximum Gasteiger partial charge on any atom is 0.329 e. The molecule has 2 aromatic heterocycles. The molecule has 3 aromatic rings. The minimum Gasteiger partial charge on any atom is -0.480 e. The van der Waals surface area contributed by atoms with Crippen LogP contribution in [0.3, 0.4) is 0 Å². The van der Waals surface area contributed by atoms with Crippen molar-refractivity contribution in [2.45, 2.75) is 26.3 Å². The third-order valence-electron chi connectivity index (χ3n) is 4.49. The highest BCUT2D eigenvalue weighted by Gasteiger charge is 2.36. The van der Waals surface area contributed by atoms with Crippen molar-refractivity contribution in [3.63, 3.8) is 0 Å². The van der Waals surface area contributed by atoms with Crippen LogP contribution in [-0.4, -0.2) is 44.3 Å². The van der Waals surface area contributed by atoms with Gasteiger partial charge in [0.15, 0.2) is 0 Å². The molecule has 2 heterocycles.